The summed E-state index contributed by atoms with van der Waals surface area (Å²) in [6.45, 7) is 13.9. The topological polar surface area (TPSA) is 32.3 Å². The van der Waals surface area contributed by atoms with Crippen molar-refractivity contribution >= 4 is 5.91 Å². The molecule has 1 saturated carbocycles. The number of piperidine rings is 1. The van der Waals surface area contributed by atoms with Gasteiger partial charge in [0.2, 0.25) is 5.91 Å². The summed E-state index contributed by atoms with van der Waals surface area (Å²) in [4.78, 5) is 14.3. The molecule has 2 fully saturated rings. The summed E-state index contributed by atoms with van der Waals surface area (Å²) in [5.41, 5.74) is 0. The molecular formula is C19H38N2O. The van der Waals surface area contributed by atoms with Crippen molar-refractivity contribution in [1.82, 2.24) is 10.2 Å². The maximum atomic E-state index is 11.7. The fraction of sp³-hybridized carbons (Fsp3) is 0.947. The number of carbonyl (C=O) groups is 1. The second-order valence-electron chi connectivity index (χ2n) is 7.36. The zero-order chi connectivity index (χ0) is 16.5. The summed E-state index contributed by atoms with van der Waals surface area (Å²) in [5, 5.41) is 3.18. The number of rotatable bonds is 4. The molecule has 2 aliphatic rings. The van der Waals surface area contributed by atoms with E-state index in [9.17, 15) is 4.79 Å². The summed E-state index contributed by atoms with van der Waals surface area (Å²) in [7, 11) is 0. The minimum absolute atomic E-state index is 0.109. The number of nitrogens with one attached hydrogen (secondary N) is 1. The Bertz CT molecular complexity index is 301. The molecule has 1 amide bonds. The van der Waals surface area contributed by atoms with E-state index in [1.807, 2.05) is 27.7 Å². The maximum Gasteiger partial charge on any atom is 0.222 e. The van der Waals surface area contributed by atoms with Gasteiger partial charge in [-0.1, -0.05) is 47.5 Å². The van der Waals surface area contributed by atoms with Crippen LogP contribution in [-0.2, 0) is 4.79 Å². The van der Waals surface area contributed by atoms with Gasteiger partial charge < -0.3 is 10.2 Å². The zero-order valence-corrected chi connectivity index (χ0v) is 15.5. The van der Waals surface area contributed by atoms with Crippen LogP contribution >= 0.6 is 0 Å². The second kappa shape index (κ2) is 10.3. The van der Waals surface area contributed by atoms with Crippen molar-refractivity contribution in [3.8, 4) is 0 Å². The first-order valence-corrected chi connectivity index (χ1v) is 9.57. The molecule has 0 aromatic rings. The maximum absolute atomic E-state index is 11.7. The van der Waals surface area contributed by atoms with Crippen LogP contribution in [0.4, 0.5) is 0 Å². The first-order chi connectivity index (χ1) is 10.5. The molecule has 1 saturated heterocycles. The number of nitrogens with zero attached hydrogens (tertiary/aromatic N) is 1. The van der Waals surface area contributed by atoms with E-state index >= 15 is 0 Å². The van der Waals surface area contributed by atoms with E-state index in [-0.39, 0.29) is 11.8 Å². The van der Waals surface area contributed by atoms with E-state index in [2.05, 4.69) is 17.1 Å². The predicted octanol–water partition coefficient (Wildman–Crippen LogP) is 4.08. The first-order valence-electron chi connectivity index (χ1n) is 9.57. The summed E-state index contributed by atoms with van der Waals surface area (Å²) in [6, 6.07) is 0.410. The summed E-state index contributed by atoms with van der Waals surface area (Å²) in [5.74, 6) is 2.19. The van der Waals surface area contributed by atoms with Crippen LogP contribution < -0.4 is 5.32 Å². The van der Waals surface area contributed by atoms with E-state index in [1.54, 1.807) is 0 Å². The Morgan fingerprint density at radius 2 is 1.59 bits per heavy atom. The number of carbonyl (C=O) groups excluding carboxylic acids is 1. The third-order valence-electron chi connectivity index (χ3n) is 5.11. The lowest BCUT2D eigenvalue weighted by Gasteiger charge is -2.36. The molecular weight excluding hydrogens is 272 g/mol. The van der Waals surface area contributed by atoms with Crippen LogP contribution in [0, 0.1) is 17.8 Å². The standard InChI is InChI=1S/C17H32N2O.C2H6/c1-13(2)17(20)18-16-8-10-19(11-9-16)12-15-6-4-14(3)5-7-15;1-2/h13-16H,4-12H2,1-3H3,(H,18,20);1-2H3. The molecule has 0 aromatic heterocycles. The first kappa shape index (κ1) is 19.5. The Morgan fingerprint density at radius 1 is 1.05 bits per heavy atom. The molecule has 0 radical (unpaired) electrons. The number of hydrogen-bond acceptors (Lipinski definition) is 2. The highest BCUT2D eigenvalue weighted by Gasteiger charge is 2.25. The second-order valence-corrected chi connectivity index (χ2v) is 7.36. The van der Waals surface area contributed by atoms with E-state index < -0.39 is 0 Å². The van der Waals surface area contributed by atoms with Gasteiger partial charge >= 0.3 is 0 Å². The van der Waals surface area contributed by atoms with Gasteiger partial charge in [0.05, 0.1) is 0 Å². The molecule has 1 heterocycles. The molecule has 1 aliphatic heterocycles. The summed E-state index contributed by atoms with van der Waals surface area (Å²) < 4.78 is 0. The van der Waals surface area contributed by atoms with E-state index in [4.69, 9.17) is 0 Å². The summed E-state index contributed by atoms with van der Waals surface area (Å²) >= 11 is 0. The lowest BCUT2D eigenvalue weighted by Crippen LogP contribution is -2.46. The normalized spacial score (nSPS) is 27.2. The quantitative estimate of drug-likeness (QED) is 0.848. The average Bonchev–Trinajstić information content (AvgIpc) is 2.53. The van der Waals surface area contributed by atoms with Gasteiger partial charge in [0.15, 0.2) is 0 Å². The highest BCUT2D eigenvalue weighted by Crippen LogP contribution is 2.29. The average molecular weight is 311 g/mol. The van der Waals surface area contributed by atoms with Gasteiger partial charge in [-0.3, -0.25) is 4.79 Å². The van der Waals surface area contributed by atoms with E-state index in [1.165, 1.54) is 32.2 Å². The summed E-state index contributed by atoms with van der Waals surface area (Å²) in [6.07, 6.45) is 7.94. The van der Waals surface area contributed by atoms with Crippen molar-refractivity contribution in [2.24, 2.45) is 17.8 Å². The molecule has 1 aliphatic carbocycles. The molecule has 22 heavy (non-hydrogen) atoms. The van der Waals surface area contributed by atoms with E-state index in [0.717, 1.165) is 37.8 Å². The SMILES string of the molecule is CC.CC1CCC(CN2CCC(NC(=O)C(C)C)CC2)CC1. The molecule has 0 aromatic carbocycles. The number of likely N-dealkylation sites (tertiary alicyclic amines) is 1. The molecule has 1 N–H and O–H groups in total. The minimum Gasteiger partial charge on any atom is -0.353 e. The highest BCUT2D eigenvalue weighted by atomic mass is 16.1. The van der Waals surface area contributed by atoms with Crippen molar-refractivity contribution in [2.45, 2.75) is 79.2 Å². The Balaban J connectivity index is 0.00000116. The fourth-order valence-corrected chi connectivity index (χ4v) is 3.50. The van der Waals surface area contributed by atoms with Crippen molar-refractivity contribution in [3.05, 3.63) is 0 Å². The fourth-order valence-electron chi connectivity index (χ4n) is 3.50. The Labute approximate surface area is 138 Å². The van der Waals surface area contributed by atoms with Crippen LogP contribution in [-0.4, -0.2) is 36.5 Å². The van der Waals surface area contributed by atoms with Gasteiger partial charge in [0.25, 0.3) is 0 Å². The molecule has 0 spiro atoms. The van der Waals surface area contributed by atoms with Crippen molar-refractivity contribution < 1.29 is 4.79 Å². The van der Waals surface area contributed by atoms with Gasteiger partial charge in [-0.05, 0) is 37.5 Å². The van der Waals surface area contributed by atoms with Crippen LogP contribution in [0.15, 0.2) is 0 Å². The van der Waals surface area contributed by atoms with Crippen LogP contribution in [0.1, 0.15) is 73.1 Å². The van der Waals surface area contributed by atoms with Crippen LogP contribution in [0.25, 0.3) is 0 Å². The van der Waals surface area contributed by atoms with Gasteiger partial charge in [-0.2, -0.15) is 0 Å². The number of amides is 1. The van der Waals surface area contributed by atoms with Crippen LogP contribution in [0.3, 0.4) is 0 Å². The number of hydrogen-bond donors (Lipinski definition) is 1. The molecule has 2 rings (SSSR count). The Kier molecular flexibility index (Phi) is 9.08. The lowest BCUT2D eigenvalue weighted by molar-refractivity contribution is -0.125. The largest absolute Gasteiger partial charge is 0.353 e. The third kappa shape index (κ3) is 6.68. The van der Waals surface area contributed by atoms with Crippen molar-refractivity contribution in [2.75, 3.05) is 19.6 Å². The van der Waals surface area contributed by atoms with Gasteiger partial charge in [0, 0.05) is 31.6 Å². The molecule has 0 bridgehead atoms. The van der Waals surface area contributed by atoms with Crippen LogP contribution in [0.2, 0.25) is 0 Å². The minimum atomic E-state index is 0.109. The molecule has 0 unspecified atom stereocenters. The molecule has 3 nitrogen and oxygen atoms in total. The zero-order valence-electron chi connectivity index (χ0n) is 15.5. The predicted molar refractivity (Wildman–Crippen MR) is 94.9 cm³/mol. The van der Waals surface area contributed by atoms with Crippen molar-refractivity contribution in [3.63, 3.8) is 0 Å². The third-order valence-corrected chi connectivity index (χ3v) is 5.11. The highest BCUT2D eigenvalue weighted by molar-refractivity contribution is 5.78. The van der Waals surface area contributed by atoms with Gasteiger partial charge in [-0.15, -0.1) is 0 Å². The van der Waals surface area contributed by atoms with E-state index in [0.29, 0.717) is 6.04 Å². The smallest absolute Gasteiger partial charge is 0.222 e. The Hall–Kier alpha value is -0.570. The monoisotopic (exact) mass is 310 g/mol. The van der Waals surface area contributed by atoms with Gasteiger partial charge in [-0.25, -0.2) is 0 Å². The van der Waals surface area contributed by atoms with Crippen molar-refractivity contribution in [1.29, 1.82) is 0 Å². The Morgan fingerprint density at radius 3 is 2.09 bits per heavy atom. The molecule has 130 valence electrons. The van der Waals surface area contributed by atoms with Gasteiger partial charge in [0.1, 0.15) is 0 Å². The van der Waals surface area contributed by atoms with Crippen LogP contribution in [0.5, 0.6) is 0 Å². The molecule has 3 heteroatoms. The lowest BCUT2D eigenvalue weighted by atomic mass is 9.82. The molecule has 0 atom stereocenters.